The molecule has 3 aromatic heterocycles. The lowest BCUT2D eigenvalue weighted by Crippen LogP contribution is -2.12. The van der Waals surface area contributed by atoms with Gasteiger partial charge in [0.15, 0.2) is 0 Å². The van der Waals surface area contributed by atoms with Gasteiger partial charge in [-0.05, 0) is 43.4 Å². The van der Waals surface area contributed by atoms with E-state index < -0.39 is 0 Å². The van der Waals surface area contributed by atoms with Crippen molar-refractivity contribution >= 4 is 33.7 Å². The molecule has 0 fully saturated rings. The Balaban J connectivity index is 1.67. The molecule has 0 aliphatic heterocycles. The minimum Gasteiger partial charge on any atom is -0.463 e. The molecule has 0 atom stereocenters. The lowest BCUT2D eigenvalue weighted by Gasteiger charge is -2.09. The number of hydrogen-bond acceptors (Lipinski definition) is 6. The summed E-state index contributed by atoms with van der Waals surface area (Å²) >= 11 is 1.62. The average molecular weight is 314 g/mol. The lowest BCUT2D eigenvalue weighted by molar-refractivity contribution is 0.560. The van der Waals surface area contributed by atoms with Crippen molar-refractivity contribution in [3.05, 3.63) is 45.0 Å². The quantitative estimate of drug-likeness (QED) is 0.575. The number of hydrazone groups is 1. The molecule has 0 saturated carbocycles. The normalized spacial score (nSPS) is 14.5. The van der Waals surface area contributed by atoms with Crippen LogP contribution in [0, 0.1) is 0 Å². The second-order valence-corrected chi connectivity index (χ2v) is 6.27. The lowest BCUT2D eigenvalue weighted by atomic mass is 9.97. The average Bonchev–Trinajstić information content (AvgIpc) is 3.14. The van der Waals surface area contributed by atoms with Gasteiger partial charge < -0.3 is 4.42 Å². The van der Waals surface area contributed by atoms with Crippen LogP contribution in [0.3, 0.4) is 0 Å². The topological polar surface area (TPSA) is 83.3 Å². The molecule has 0 amide bonds. The maximum absolute atomic E-state index is 12.3. The van der Waals surface area contributed by atoms with Crippen LogP contribution in [0.4, 0.5) is 5.95 Å². The van der Waals surface area contributed by atoms with Crippen LogP contribution in [-0.2, 0) is 12.8 Å². The molecule has 7 heteroatoms. The highest BCUT2D eigenvalue weighted by atomic mass is 32.1. The van der Waals surface area contributed by atoms with Gasteiger partial charge in [-0.1, -0.05) is 0 Å². The number of thiophene rings is 1. The molecule has 6 nitrogen and oxygen atoms in total. The number of aromatic nitrogens is 2. The Labute approximate surface area is 129 Å². The van der Waals surface area contributed by atoms with E-state index in [-0.39, 0.29) is 5.56 Å². The van der Waals surface area contributed by atoms with Gasteiger partial charge >= 0.3 is 0 Å². The first-order valence-corrected chi connectivity index (χ1v) is 8.00. The Morgan fingerprint density at radius 1 is 1.41 bits per heavy atom. The van der Waals surface area contributed by atoms with Crippen LogP contribution < -0.4 is 11.0 Å². The molecule has 112 valence electrons. The summed E-state index contributed by atoms with van der Waals surface area (Å²) in [6.07, 6.45) is 7.47. The molecular weight excluding hydrogens is 300 g/mol. The fourth-order valence-corrected chi connectivity index (χ4v) is 4.00. The number of H-pyrrole nitrogens is 1. The SMILES string of the molecule is O=c1[nH]c(N/N=C\c2ccco2)nc2sc3c(c12)CCCC3. The second kappa shape index (κ2) is 5.42. The highest BCUT2D eigenvalue weighted by Crippen LogP contribution is 2.33. The Morgan fingerprint density at radius 3 is 3.18 bits per heavy atom. The van der Waals surface area contributed by atoms with E-state index in [2.05, 4.69) is 20.5 Å². The van der Waals surface area contributed by atoms with Gasteiger partial charge in [0.25, 0.3) is 5.56 Å². The second-order valence-electron chi connectivity index (χ2n) is 5.19. The summed E-state index contributed by atoms with van der Waals surface area (Å²) in [5.74, 6) is 0.974. The van der Waals surface area contributed by atoms with Gasteiger partial charge in [-0.3, -0.25) is 9.78 Å². The molecular formula is C15H14N4O2S. The molecule has 0 unspecified atom stereocenters. The standard InChI is InChI=1S/C15H14N4O2S/c20-13-12-10-5-1-2-6-11(10)22-14(12)18-15(17-13)19-16-8-9-4-3-7-21-9/h3-4,7-8H,1-2,5-6H2,(H2,17,18,19,20)/b16-8-. The van der Waals surface area contributed by atoms with Gasteiger partial charge in [0.2, 0.25) is 5.95 Å². The van der Waals surface area contributed by atoms with Crippen LogP contribution in [0.2, 0.25) is 0 Å². The summed E-state index contributed by atoms with van der Waals surface area (Å²) in [4.78, 5) is 21.6. The molecule has 3 aromatic rings. The summed E-state index contributed by atoms with van der Waals surface area (Å²) < 4.78 is 5.14. The van der Waals surface area contributed by atoms with Crippen molar-refractivity contribution in [1.29, 1.82) is 0 Å². The van der Waals surface area contributed by atoms with E-state index in [1.165, 1.54) is 23.1 Å². The monoisotopic (exact) mass is 314 g/mol. The van der Waals surface area contributed by atoms with E-state index in [0.717, 1.165) is 29.5 Å². The van der Waals surface area contributed by atoms with E-state index in [0.29, 0.717) is 11.7 Å². The summed E-state index contributed by atoms with van der Waals surface area (Å²) in [5, 5.41) is 4.77. The van der Waals surface area contributed by atoms with Crippen LogP contribution in [0.1, 0.15) is 29.0 Å². The fourth-order valence-electron chi connectivity index (χ4n) is 2.74. The first-order valence-electron chi connectivity index (χ1n) is 7.18. The van der Waals surface area contributed by atoms with E-state index in [1.54, 1.807) is 29.7 Å². The number of anilines is 1. The van der Waals surface area contributed by atoms with Gasteiger partial charge in [0, 0.05) is 4.88 Å². The zero-order valence-corrected chi connectivity index (χ0v) is 12.6. The Morgan fingerprint density at radius 2 is 2.32 bits per heavy atom. The molecule has 0 spiro atoms. The maximum Gasteiger partial charge on any atom is 0.261 e. The number of hydrogen-bond donors (Lipinski definition) is 2. The molecule has 4 rings (SSSR count). The van der Waals surface area contributed by atoms with Crippen molar-refractivity contribution in [2.45, 2.75) is 25.7 Å². The Bertz CT molecular complexity index is 892. The minimum absolute atomic E-state index is 0.0971. The van der Waals surface area contributed by atoms with Crippen molar-refractivity contribution in [3.63, 3.8) is 0 Å². The summed E-state index contributed by atoms with van der Waals surface area (Å²) in [6, 6.07) is 3.57. The Kier molecular flexibility index (Phi) is 3.27. The number of nitrogens with one attached hydrogen (secondary N) is 2. The van der Waals surface area contributed by atoms with E-state index >= 15 is 0 Å². The van der Waals surface area contributed by atoms with Crippen molar-refractivity contribution in [1.82, 2.24) is 9.97 Å². The first kappa shape index (κ1) is 13.3. The molecule has 0 saturated heterocycles. The van der Waals surface area contributed by atoms with Gasteiger partial charge in [0.1, 0.15) is 10.6 Å². The number of fused-ring (bicyclic) bond motifs is 3. The van der Waals surface area contributed by atoms with Gasteiger partial charge in [-0.25, -0.2) is 10.4 Å². The van der Waals surface area contributed by atoms with E-state index in [9.17, 15) is 4.79 Å². The zero-order chi connectivity index (χ0) is 14.9. The van der Waals surface area contributed by atoms with E-state index in [1.807, 2.05) is 0 Å². The number of nitrogens with zero attached hydrogens (tertiary/aromatic N) is 2. The number of aromatic amines is 1. The van der Waals surface area contributed by atoms with Gasteiger partial charge in [-0.15, -0.1) is 11.3 Å². The van der Waals surface area contributed by atoms with Gasteiger partial charge in [-0.2, -0.15) is 5.10 Å². The highest BCUT2D eigenvalue weighted by molar-refractivity contribution is 7.18. The molecule has 1 aliphatic rings. The van der Waals surface area contributed by atoms with Crippen molar-refractivity contribution in [2.75, 3.05) is 5.43 Å². The third-order valence-electron chi connectivity index (χ3n) is 3.73. The van der Waals surface area contributed by atoms with Crippen LogP contribution in [0.25, 0.3) is 10.2 Å². The molecule has 0 aromatic carbocycles. The Hall–Kier alpha value is -2.41. The molecule has 2 N–H and O–H groups in total. The summed E-state index contributed by atoms with van der Waals surface area (Å²) in [5.41, 5.74) is 3.83. The van der Waals surface area contributed by atoms with Crippen molar-refractivity contribution in [3.8, 4) is 0 Å². The van der Waals surface area contributed by atoms with Crippen LogP contribution >= 0.6 is 11.3 Å². The highest BCUT2D eigenvalue weighted by Gasteiger charge is 2.19. The predicted octanol–water partition coefficient (Wildman–Crippen LogP) is 2.90. The molecule has 3 heterocycles. The minimum atomic E-state index is -0.0971. The third-order valence-corrected chi connectivity index (χ3v) is 4.92. The molecule has 22 heavy (non-hydrogen) atoms. The third kappa shape index (κ3) is 2.33. The number of rotatable bonds is 3. The molecule has 1 aliphatic carbocycles. The predicted molar refractivity (Wildman–Crippen MR) is 86.8 cm³/mol. The van der Waals surface area contributed by atoms with Crippen LogP contribution in [0.15, 0.2) is 32.7 Å². The number of aryl methyl sites for hydroxylation is 2. The summed E-state index contributed by atoms with van der Waals surface area (Å²) in [6.45, 7) is 0. The smallest absolute Gasteiger partial charge is 0.261 e. The van der Waals surface area contributed by atoms with Gasteiger partial charge in [0.05, 0.1) is 17.9 Å². The zero-order valence-electron chi connectivity index (χ0n) is 11.8. The summed E-state index contributed by atoms with van der Waals surface area (Å²) in [7, 11) is 0. The number of furan rings is 1. The van der Waals surface area contributed by atoms with Crippen LogP contribution in [-0.4, -0.2) is 16.2 Å². The maximum atomic E-state index is 12.3. The first-order chi connectivity index (χ1) is 10.8. The van der Waals surface area contributed by atoms with Crippen molar-refractivity contribution in [2.24, 2.45) is 5.10 Å². The van der Waals surface area contributed by atoms with E-state index in [4.69, 9.17) is 4.42 Å². The fraction of sp³-hybridized carbons (Fsp3) is 0.267. The molecule has 0 bridgehead atoms. The van der Waals surface area contributed by atoms with Crippen LogP contribution in [0.5, 0.6) is 0 Å². The van der Waals surface area contributed by atoms with Crippen molar-refractivity contribution < 1.29 is 4.42 Å². The largest absolute Gasteiger partial charge is 0.463 e. The molecule has 0 radical (unpaired) electrons.